The van der Waals surface area contributed by atoms with E-state index in [2.05, 4.69) is 9.97 Å². The molecule has 3 rings (SSSR count). The van der Waals surface area contributed by atoms with Crippen LogP contribution in [0.2, 0.25) is 0 Å². The lowest BCUT2D eigenvalue weighted by molar-refractivity contribution is 0.0690. The van der Waals surface area contributed by atoms with Gasteiger partial charge in [0.25, 0.3) is 0 Å². The first-order chi connectivity index (χ1) is 8.75. The Hall–Kier alpha value is -2.69. The van der Waals surface area contributed by atoms with E-state index in [1.165, 1.54) is 0 Å². The number of benzene rings is 1. The molecule has 0 aliphatic carbocycles. The summed E-state index contributed by atoms with van der Waals surface area (Å²) < 4.78 is 5.21. The van der Waals surface area contributed by atoms with Gasteiger partial charge in [0.2, 0.25) is 5.89 Å². The zero-order valence-electron chi connectivity index (χ0n) is 9.20. The molecule has 88 valence electrons. The highest BCUT2D eigenvalue weighted by Gasteiger charge is 2.13. The van der Waals surface area contributed by atoms with Gasteiger partial charge in [-0.15, -0.1) is 0 Å². The third-order valence-corrected chi connectivity index (χ3v) is 2.63. The van der Waals surface area contributed by atoms with Crippen molar-refractivity contribution in [3.63, 3.8) is 0 Å². The first kappa shape index (κ1) is 10.5. The van der Waals surface area contributed by atoms with Crippen LogP contribution in [0.4, 0.5) is 0 Å². The number of rotatable bonds is 2. The molecular weight excluding hydrogens is 232 g/mol. The largest absolute Gasteiger partial charge is 0.476 e. The number of carboxylic acids is 1. The fourth-order valence-electron chi connectivity index (χ4n) is 1.80. The smallest absolute Gasteiger partial charge is 0.357 e. The highest BCUT2D eigenvalue weighted by molar-refractivity contribution is 5.94. The third kappa shape index (κ3) is 1.62. The maximum atomic E-state index is 10.8. The molecule has 0 bridgehead atoms. The first-order valence-electron chi connectivity index (χ1n) is 5.27. The molecule has 18 heavy (non-hydrogen) atoms. The maximum Gasteiger partial charge on any atom is 0.357 e. The molecule has 2 aromatic heterocycles. The molecule has 1 N–H and O–H groups in total. The summed E-state index contributed by atoms with van der Waals surface area (Å²) in [6, 6.07) is 7.45. The summed E-state index contributed by atoms with van der Waals surface area (Å²) in [6.45, 7) is 0. The van der Waals surface area contributed by atoms with E-state index in [0.29, 0.717) is 5.89 Å². The van der Waals surface area contributed by atoms with Crippen LogP contribution >= 0.6 is 0 Å². The summed E-state index contributed by atoms with van der Waals surface area (Å²) in [7, 11) is 0. The maximum absolute atomic E-state index is 10.8. The fourth-order valence-corrected chi connectivity index (χ4v) is 1.80. The molecule has 0 aliphatic rings. The molecule has 1 aromatic carbocycles. The molecule has 5 heteroatoms. The van der Waals surface area contributed by atoms with Gasteiger partial charge < -0.3 is 9.52 Å². The van der Waals surface area contributed by atoms with Gasteiger partial charge in [-0.1, -0.05) is 12.1 Å². The van der Waals surface area contributed by atoms with E-state index in [0.717, 1.165) is 22.6 Å². The van der Waals surface area contributed by atoms with Crippen molar-refractivity contribution in [3.05, 3.63) is 48.6 Å². The van der Waals surface area contributed by atoms with Crippen molar-refractivity contribution in [2.24, 2.45) is 0 Å². The van der Waals surface area contributed by atoms with E-state index in [4.69, 9.17) is 9.52 Å². The summed E-state index contributed by atoms with van der Waals surface area (Å²) in [5.74, 6) is -0.809. The van der Waals surface area contributed by atoms with Gasteiger partial charge in [0.1, 0.15) is 6.26 Å². The quantitative estimate of drug-likeness (QED) is 0.745. The van der Waals surface area contributed by atoms with Crippen LogP contribution in [0.5, 0.6) is 0 Å². The van der Waals surface area contributed by atoms with E-state index < -0.39 is 5.97 Å². The van der Waals surface area contributed by atoms with Crippen LogP contribution in [-0.2, 0) is 0 Å². The van der Waals surface area contributed by atoms with Crippen LogP contribution in [-0.4, -0.2) is 21.0 Å². The minimum Gasteiger partial charge on any atom is -0.476 e. The standard InChI is InChI=1S/C13H8N2O3/c16-13(17)11-7-18-12(15-11)10-3-1-2-8-6-14-5-4-9(8)10/h1-7H,(H,16,17). The normalized spacial score (nSPS) is 10.7. The van der Waals surface area contributed by atoms with Gasteiger partial charge in [-0.25, -0.2) is 9.78 Å². The molecule has 2 heterocycles. The average Bonchev–Trinajstić information content (AvgIpc) is 2.87. The van der Waals surface area contributed by atoms with Crippen molar-refractivity contribution in [3.8, 4) is 11.5 Å². The Kier molecular flexibility index (Phi) is 2.30. The van der Waals surface area contributed by atoms with Crippen molar-refractivity contribution in [2.75, 3.05) is 0 Å². The van der Waals surface area contributed by atoms with Crippen LogP contribution in [0, 0.1) is 0 Å². The molecular formula is C13H8N2O3. The Labute approximate surface area is 102 Å². The van der Waals surface area contributed by atoms with E-state index >= 15 is 0 Å². The van der Waals surface area contributed by atoms with Crippen molar-refractivity contribution in [2.45, 2.75) is 0 Å². The number of carboxylic acid groups (broad SMARTS) is 1. The third-order valence-electron chi connectivity index (χ3n) is 2.63. The first-order valence-corrected chi connectivity index (χ1v) is 5.27. The van der Waals surface area contributed by atoms with Gasteiger partial charge in [0.15, 0.2) is 5.69 Å². The zero-order valence-corrected chi connectivity index (χ0v) is 9.20. The summed E-state index contributed by atoms with van der Waals surface area (Å²) >= 11 is 0. The molecule has 5 nitrogen and oxygen atoms in total. The van der Waals surface area contributed by atoms with E-state index in [-0.39, 0.29) is 5.69 Å². The Bertz CT molecular complexity index is 728. The Morgan fingerprint density at radius 2 is 2.17 bits per heavy atom. The fraction of sp³-hybridized carbons (Fsp3) is 0. The number of oxazole rings is 1. The minimum atomic E-state index is -1.10. The lowest BCUT2D eigenvalue weighted by Gasteiger charge is -2.01. The molecule has 0 spiro atoms. The molecule has 0 unspecified atom stereocenters. The Morgan fingerprint density at radius 1 is 1.28 bits per heavy atom. The van der Waals surface area contributed by atoms with Crippen molar-refractivity contribution in [1.82, 2.24) is 9.97 Å². The molecule has 0 fully saturated rings. The van der Waals surface area contributed by atoms with Gasteiger partial charge in [-0.05, 0) is 17.5 Å². The monoisotopic (exact) mass is 240 g/mol. The predicted octanol–water partition coefficient (Wildman–Crippen LogP) is 2.59. The van der Waals surface area contributed by atoms with Gasteiger partial charge in [-0.2, -0.15) is 0 Å². The number of hydrogen-bond acceptors (Lipinski definition) is 4. The lowest BCUT2D eigenvalue weighted by Crippen LogP contribution is -1.95. The van der Waals surface area contributed by atoms with E-state index in [9.17, 15) is 4.79 Å². The number of carbonyl (C=O) groups is 1. The zero-order chi connectivity index (χ0) is 12.5. The number of hydrogen-bond donors (Lipinski definition) is 1. The van der Waals surface area contributed by atoms with Gasteiger partial charge in [-0.3, -0.25) is 4.98 Å². The summed E-state index contributed by atoms with van der Waals surface area (Å²) in [5, 5.41) is 10.7. The summed E-state index contributed by atoms with van der Waals surface area (Å²) in [4.78, 5) is 18.8. The minimum absolute atomic E-state index is 0.101. The second-order valence-electron chi connectivity index (χ2n) is 3.75. The van der Waals surface area contributed by atoms with Crippen LogP contribution < -0.4 is 0 Å². The molecule has 0 saturated heterocycles. The average molecular weight is 240 g/mol. The van der Waals surface area contributed by atoms with Crippen molar-refractivity contribution in [1.29, 1.82) is 0 Å². The molecule has 0 atom stereocenters. The SMILES string of the molecule is O=C(O)c1coc(-c2cccc3cnccc23)n1. The second kappa shape index (κ2) is 3.96. The number of fused-ring (bicyclic) bond motifs is 1. The highest BCUT2D eigenvalue weighted by atomic mass is 16.4. The molecule has 0 saturated carbocycles. The molecule has 0 radical (unpaired) electrons. The van der Waals surface area contributed by atoms with Crippen LogP contribution in [0.1, 0.15) is 10.5 Å². The second-order valence-corrected chi connectivity index (χ2v) is 3.75. The molecule has 0 amide bonds. The van der Waals surface area contributed by atoms with Crippen molar-refractivity contribution >= 4 is 16.7 Å². The summed E-state index contributed by atoms with van der Waals surface area (Å²) in [6.07, 6.45) is 4.55. The number of nitrogens with zero attached hydrogens (tertiary/aromatic N) is 2. The molecule has 3 aromatic rings. The lowest BCUT2D eigenvalue weighted by atomic mass is 10.1. The van der Waals surface area contributed by atoms with Gasteiger partial charge in [0, 0.05) is 23.3 Å². The van der Waals surface area contributed by atoms with Crippen LogP contribution in [0.15, 0.2) is 47.3 Å². The molecule has 0 aliphatic heterocycles. The Morgan fingerprint density at radius 3 is 2.94 bits per heavy atom. The highest BCUT2D eigenvalue weighted by Crippen LogP contribution is 2.27. The van der Waals surface area contributed by atoms with Crippen LogP contribution in [0.3, 0.4) is 0 Å². The van der Waals surface area contributed by atoms with E-state index in [1.54, 1.807) is 12.4 Å². The van der Waals surface area contributed by atoms with Crippen LogP contribution in [0.25, 0.3) is 22.2 Å². The number of aromatic nitrogens is 2. The summed E-state index contributed by atoms with van der Waals surface area (Å²) in [5.41, 5.74) is 0.651. The van der Waals surface area contributed by atoms with Crippen molar-refractivity contribution < 1.29 is 14.3 Å². The van der Waals surface area contributed by atoms with Gasteiger partial charge >= 0.3 is 5.97 Å². The van der Waals surface area contributed by atoms with E-state index in [1.807, 2.05) is 24.3 Å². The van der Waals surface area contributed by atoms with Gasteiger partial charge in [0.05, 0.1) is 0 Å². The number of aromatic carboxylic acids is 1. The number of pyridine rings is 1. The topological polar surface area (TPSA) is 76.2 Å². The predicted molar refractivity (Wildman–Crippen MR) is 64.2 cm³/mol. The Balaban J connectivity index is 2.21.